The molecule has 2 aromatic rings. The number of aryl methyl sites for hydroxylation is 1. The Kier molecular flexibility index (Phi) is 5.05. The lowest BCUT2D eigenvalue weighted by molar-refractivity contribution is -0.127. The zero-order chi connectivity index (χ0) is 19.7. The SMILES string of the molecule is Cc1ccc(NC(=O)CN2C(=O)C(C)Oc3cc(C(=O)O)ccc32)cc1Cl. The van der Waals surface area contributed by atoms with Crippen LogP contribution in [0.25, 0.3) is 0 Å². The lowest BCUT2D eigenvalue weighted by atomic mass is 10.1. The molecular formula is C19H17ClN2O5. The molecule has 3 rings (SSSR count). The molecule has 1 heterocycles. The second-order valence-corrected chi connectivity index (χ2v) is 6.59. The molecule has 0 aromatic heterocycles. The van der Waals surface area contributed by atoms with Gasteiger partial charge in [-0.1, -0.05) is 17.7 Å². The zero-order valence-corrected chi connectivity index (χ0v) is 15.4. The number of carbonyl (C=O) groups excluding carboxylic acids is 2. The van der Waals surface area contributed by atoms with Crippen LogP contribution in [0.4, 0.5) is 11.4 Å². The van der Waals surface area contributed by atoms with Crippen LogP contribution in [0.2, 0.25) is 5.02 Å². The highest BCUT2D eigenvalue weighted by atomic mass is 35.5. The van der Waals surface area contributed by atoms with Crippen molar-refractivity contribution >= 4 is 40.8 Å². The highest BCUT2D eigenvalue weighted by molar-refractivity contribution is 6.31. The number of nitrogens with one attached hydrogen (secondary N) is 1. The number of hydrogen-bond acceptors (Lipinski definition) is 4. The minimum absolute atomic E-state index is 0.0361. The number of hydrogen-bond donors (Lipinski definition) is 2. The van der Waals surface area contributed by atoms with E-state index < -0.39 is 18.0 Å². The van der Waals surface area contributed by atoms with Crippen LogP contribution in [0.5, 0.6) is 5.75 Å². The van der Waals surface area contributed by atoms with Crippen LogP contribution >= 0.6 is 11.6 Å². The summed E-state index contributed by atoms with van der Waals surface area (Å²) in [6.07, 6.45) is -0.830. The average molecular weight is 389 g/mol. The third-order valence-corrected chi connectivity index (χ3v) is 4.58. The molecule has 0 saturated heterocycles. The third kappa shape index (κ3) is 3.88. The number of fused-ring (bicyclic) bond motifs is 1. The Labute approximate surface area is 160 Å². The lowest BCUT2D eigenvalue weighted by Gasteiger charge is -2.32. The number of carboxylic acids is 1. The van der Waals surface area contributed by atoms with Gasteiger partial charge in [-0.2, -0.15) is 0 Å². The van der Waals surface area contributed by atoms with E-state index in [9.17, 15) is 14.4 Å². The van der Waals surface area contributed by atoms with Gasteiger partial charge in [-0.05, 0) is 49.7 Å². The van der Waals surface area contributed by atoms with Crippen molar-refractivity contribution in [3.8, 4) is 5.75 Å². The average Bonchev–Trinajstić information content (AvgIpc) is 2.61. The molecule has 1 atom stereocenters. The zero-order valence-electron chi connectivity index (χ0n) is 14.7. The van der Waals surface area contributed by atoms with Crippen molar-refractivity contribution in [3.05, 3.63) is 52.5 Å². The van der Waals surface area contributed by atoms with Crippen molar-refractivity contribution in [3.63, 3.8) is 0 Å². The minimum atomic E-state index is -1.11. The van der Waals surface area contributed by atoms with E-state index in [1.807, 2.05) is 6.92 Å². The largest absolute Gasteiger partial charge is 0.479 e. The van der Waals surface area contributed by atoms with E-state index in [0.29, 0.717) is 16.4 Å². The summed E-state index contributed by atoms with van der Waals surface area (Å²) >= 11 is 6.06. The summed E-state index contributed by atoms with van der Waals surface area (Å²) < 4.78 is 5.49. The minimum Gasteiger partial charge on any atom is -0.479 e. The number of carbonyl (C=O) groups is 3. The Morgan fingerprint density at radius 2 is 2.00 bits per heavy atom. The standard InChI is InChI=1S/C19H17ClN2O5/c1-10-3-5-13(8-14(10)20)21-17(23)9-22-15-6-4-12(19(25)26)7-16(15)27-11(2)18(22)24/h3-8,11H,9H2,1-2H3,(H,21,23)(H,25,26). The Morgan fingerprint density at radius 3 is 2.67 bits per heavy atom. The van der Waals surface area contributed by atoms with Gasteiger partial charge in [0.15, 0.2) is 6.10 Å². The second-order valence-electron chi connectivity index (χ2n) is 6.18. The summed E-state index contributed by atoms with van der Waals surface area (Å²) in [6, 6.07) is 9.28. The van der Waals surface area contributed by atoms with Gasteiger partial charge in [0.2, 0.25) is 5.91 Å². The number of benzene rings is 2. The second kappa shape index (κ2) is 7.28. The summed E-state index contributed by atoms with van der Waals surface area (Å²) in [6.45, 7) is 3.16. The van der Waals surface area contributed by atoms with E-state index in [1.165, 1.54) is 23.1 Å². The fourth-order valence-corrected chi connectivity index (χ4v) is 2.90. The quantitative estimate of drug-likeness (QED) is 0.839. The molecule has 7 nitrogen and oxygen atoms in total. The molecule has 0 bridgehead atoms. The summed E-state index contributed by atoms with van der Waals surface area (Å²) in [7, 11) is 0. The van der Waals surface area contributed by atoms with Gasteiger partial charge in [0.1, 0.15) is 12.3 Å². The van der Waals surface area contributed by atoms with Crippen LogP contribution in [-0.2, 0) is 9.59 Å². The summed E-state index contributed by atoms with van der Waals surface area (Å²) in [5.74, 6) is -1.66. The number of rotatable bonds is 4. The predicted molar refractivity (Wildman–Crippen MR) is 101 cm³/mol. The van der Waals surface area contributed by atoms with E-state index >= 15 is 0 Å². The molecule has 0 fully saturated rings. The fourth-order valence-electron chi connectivity index (χ4n) is 2.72. The molecule has 1 aliphatic heterocycles. The molecule has 2 amide bonds. The number of nitrogens with zero attached hydrogens (tertiary/aromatic N) is 1. The summed E-state index contributed by atoms with van der Waals surface area (Å²) in [4.78, 5) is 37.3. The smallest absolute Gasteiger partial charge is 0.335 e. The maximum Gasteiger partial charge on any atom is 0.335 e. The van der Waals surface area contributed by atoms with Crippen molar-refractivity contribution in [2.24, 2.45) is 0 Å². The molecular weight excluding hydrogens is 372 g/mol. The first-order valence-electron chi connectivity index (χ1n) is 8.17. The molecule has 0 saturated carbocycles. The van der Waals surface area contributed by atoms with Crippen LogP contribution < -0.4 is 15.0 Å². The molecule has 0 spiro atoms. The normalized spacial score (nSPS) is 15.7. The van der Waals surface area contributed by atoms with Crippen molar-refractivity contribution in [1.82, 2.24) is 0 Å². The van der Waals surface area contributed by atoms with Gasteiger partial charge in [0.25, 0.3) is 5.91 Å². The van der Waals surface area contributed by atoms with Gasteiger partial charge in [-0.3, -0.25) is 14.5 Å². The molecule has 0 aliphatic carbocycles. The number of halogens is 1. The number of carboxylic acid groups (broad SMARTS) is 1. The fraction of sp³-hybridized carbons (Fsp3) is 0.211. The van der Waals surface area contributed by atoms with Crippen molar-refractivity contribution in [1.29, 1.82) is 0 Å². The van der Waals surface area contributed by atoms with Crippen molar-refractivity contribution in [2.75, 3.05) is 16.8 Å². The van der Waals surface area contributed by atoms with Gasteiger partial charge >= 0.3 is 5.97 Å². The molecule has 8 heteroatoms. The van der Waals surface area contributed by atoms with E-state index in [-0.39, 0.29) is 23.8 Å². The highest BCUT2D eigenvalue weighted by Gasteiger charge is 2.33. The highest BCUT2D eigenvalue weighted by Crippen LogP contribution is 2.35. The number of ether oxygens (including phenoxy) is 1. The van der Waals surface area contributed by atoms with Gasteiger partial charge in [-0.15, -0.1) is 0 Å². The number of amides is 2. The Hall–Kier alpha value is -3.06. The number of aromatic carboxylic acids is 1. The Morgan fingerprint density at radius 1 is 1.26 bits per heavy atom. The predicted octanol–water partition coefficient (Wildman–Crippen LogP) is 3.10. The molecule has 140 valence electrons. The monoisotopic (exact) mass is 388 g/mol. The first-order valence-corrected chi connectivity index (χ1v) is 8.55. The van der Waals surface area contributed by atoms with E-state index in [1.54, 1.807) is 25.1 Å². The van der Waals surface area contributed by atoms with Gasteiger partial charge < -0.3 is 15.2 Å². The van der Waals surface area contributed by atoms with Crippen molar-refractivity contribution in [2.45, 2.75) is 20.0 Å². The number of anilines is 2. The summed E-state index contributed by atoms with van der Waals surface area (Å²) in [5.41, 5.74) is 1.79. The van der Waals surface area contributed by atoms with Gasteiger partial charge in [-0.25, -0.2) is 4.79 Å². The molecule has 2 N–H and O–H groups in total. The van der Waals surface area contributed by atoms with Crippen LogP contribution in [0.15, 0.2) is 36.4 Å². The van der Waals surface area contributed by atoms with Crippen molar-refractivity contribution < 1.29 is 24.2 Å². The topological polar surface area (TPSA) is 95.9 Å². The van der Waals surface area contributed by atoms with Crippen LogP contribution in [0.3, 0.4) is 0 Å². The first kappa shape index (κ1) is 18.7. The molecule has 0 radical (unpaired) electrons. The van der Waals surface area contributed by atoms with E-state index in [0.717, 1.165) is 5.56 Å². The van der Waals surface area contributed by atoms with Crippen LogP contribution in [0, 0.1) is 6.92 Å². The molecule has 2 aromatic carbocycles. The van der Waals surface area contributed by atoms with Gasteiger partial charge in [0.05, 0.1) is 11.3 Å². The van der Waals surface area contributed by atoms with Crippen LogP contribution in [0.1, 0.15) is 22.8 Å². The Balaban J connectivity index is 1.83. The first-order chi connectivity index (χ1) is 12.8. The molecule has 1 aliphatic rings. The van der Waals surface area contributed by atoms with Gasteiger partial charge in [0, 0.05) is 10.7 Å². The molecule has 1 unspecified atom stereocenters. The van der Waals surface area contributed by atoms with E-state index in [4.69, 9.17) is 21.4 Å². The van der Waals surface area contributed by atoms with Crippen LogP contribution in [-0.4, -0.2) is 35.5 Å². The maximum absolute atomic E-state index is 12.5. The molecule has 27 heavy (non-hydrogen) atoms. The Bertz CT molecular complexity index is 944. The summed E-state index contributed by atoms with van der Waals surface area (Å²) in [5, 5.41) is 12.3. The maximum atomic E-state index is 12.5. The third-order valence-electron chi connectivity index (χ3n) is 4.17. The van der Waals surface area contributed by atoms with E-state index in [2.05, 4.69) is 5.32 Å². The lowest BCUT2D eigenvalue weighted by Crippen LogP contribution is -2.47.